The monoisotopic (exact) mass is 450 g/mol. The molecule has 1 N–H and O–H groups in total. The molecule has 178 valence electrons. The summed E-state index contributed by atoms with van der Waals surface area (Å²) in [6, 6.07) is 13.7. The van der Waals surface area contributed by atoms with E-state index in [2.05, 4.69) is 27.2 Å². The molecule has 0 spiro atoms. The van der Waals surface area contributed by atoms with Crippen LogP contribution in [0.3, 0.4) is 0 Å². The fourth-order valence-corrected chi connectivity index (χ4v) is 5.04. The Balaban J connectivity index is 1.30. The molecule has 33 heavy (non-hydrogen) atoms. The first-order valence-electron chi connectivity index (χ1n) is 12.5. The van der Waals surface area contributed by atoms with E-state index in [1.54, 1.807) is 0 Å². The molecule has 2 aromatic carbocycles. The summed E-state index contributed by atoms with van der Waals surface area (Å²) in [5, 5.41) is 5.27. The van der Waals surface area contributed by atoms with E-state index < -0.39 is 6.04 Å². The van der Waals surface area contributed by atoms with Crippen molar-refractivity contribution < 1.29 is 9.59 Å². The van der Waals surface area contributed by atoms with E-state index in [9.17, 15) is 9.59 Å². The molecule has 0 aliphatic carbocycles. The minimum atomic E-state index is -0.483. The van der Waals surface area contributed by atoms with Crippen molar-refractivity contribution in [1.82, 2.24) is 20.0 Å². The van der Waals surface area contributed by atoms with Crippen LogP contribution in [0.4, 0.5) is 0 Å². The second-order valence-electron chi connectivity index (χ2n) is 9.82. The highest BCUT2D eigenvalue weighted by molar-refractivity contribution is 5.92. The lowest BCUT2D eigenvalue weighted by Gasteiger charge is -2.37. The Bertz CT molecular complexity index is 941. The minimum absolute atomic E-state index is 0.0437. The number of hydrogen-bond donors (Lipinski definition) is 1. The number of nitrogens with zero attached hydrogens (tertiary/aromatic N) is 3. The first-order chi connectivity index (χ1) is 16.0. The second-order valence-corrected chi connectivity index (χ2v) is 9.82. The Kier molecular flexibility index (Phi) is 7.99. The van der Waals surface area contributed by atoms with Crippen molar-refractivity contribution in [3.05, 3.63) is 48.0 Å². The van der Waals surface area contributed by atoms with Crippen molar-refractivity contribution in [3.63, 3.8) is 0 Å². The number of hydrogen-bond acceptors (Lipinski definition) is 4. The van der Waals surface area contributed by atoms with Crippen molar-refractivity contribution in [2.45, 2.75) is 39.2 Å². The Morgan fingerprint density at radius 1 is 0.848 bits per heavy atom. The fraction of sp³-hybridized carbons (Fsp3) is 0.556. The predicted octanol–water partition coefficient (Wildman–Crippen LogP) is 2.76. The Labute approximate surface area is 197 Å². The number of piperazine rings is 1. The van der Waals surface area contributed by atoms with Gasteiger partial charge in [-0.25, -0.2) is 0 Å². The van der Waals surface area contributed by atoms with E-state index in [0.29, 0.717) is 0 Å². The molecule has 4 rings (SSSR count). The van der Waals surface area contributed by atoms with Crippen molar-refractivity contribution in [1.29, 1.82) is 0 Å². The third-order valence-corrected chi connectivity index (χ3v) is 7.10. The van der Waals surface area contributed by atoms with E-state index in [1.807, 2.05) is 49.1 Å². The lowest BCUT2D eigenvalue weighted by atomic mass is 9.99. The van der Waals surface area contributed by atoms with Crippen molar-refractivity contribution in [2.75, 3.05) is 52.4 Å². The summed E-state index contributed by atoms with van der Waals surface area (Å²) >= 11 is 0. The molecular weight excluding hydrogens is 412 g/mol. The van der Waals surface area contributed by atoms with Crippen LogP contribution in [0.25, 0.3) is 10.8 Å². The SMILES string of the molecule is CC(C)C(NC(=O)Cc1cccc2ccccc12)C(=O)N1CCN(CCN2CCCC2)CC1. The molecule has 6 nitrogen and oxygen atoms in total. The lowest BCUT2D eigenvalue weighted by molar-refractivity contribution is -0.139. The number of fused-ring (bicyclic) bond motifs is 1. The van der Waals surface area contributed by atoms with Crippen LogP contribution in [0.2, 0.25) is 0 Å². The Hall–Kier alpha value is -2.44. The van der Waals surface area contributed by atoms with Gasteiger partial charge in [0.15, 0.2) is 0 Å². The number of amides is 2. The molecule has 0 saturated carbocycles. The summed E-state index contributed by atoms with van der Waals surface area (Å²) in [6.45, 7) is 12.0. The van der Waals surface area contributed by atoms with Gasteiger partial charge in [-0.2, -0.15) is 0 Å². The zero-order valence-corrected chi connectivity index (χ0v) is 20.1. The standard InChI is InChI=1S/C27H38N4O2/c1-21(2)26(28-25(32)20-23-10-7-9-22-8-3-4-11-24(22)23)27(33)31-18-16-30(17-19-31)15-14-29-12-5-6-13-29/h3-4,7-11,21,26H,5-6,12-20H2,1-2H3,(H,28,32). The third kappa shape index (κ3) is 6.12. The van der Waals surface area contributed by atoms with Gasteiger partial charge in [0, 0.05) is 39.3 Å². The van der Waals surface area contributed by atoms with Crippen LogP contribution in [-0.4, -0.2) is 84.9 Å². The van der Waals surface area contributed by atoms with Crippen molar-refractivity contribution in [2.24, 2.45) is 5.92 Å². The van der Waals surface area contributed by atoms with E-state index in [-0.39, 0.29) is 24.2 Å². The maximum atomic E-state index is 13.3. The molecule has 0 bridgehead atoms. The molecule has 2 amide bonds. The van der Waals surface area contributed by atoms with Gasteiger partial charge in [0.25, 0.3) is 0 Å². The highest BCUT2D eigenvalue weighted by Gasteiger charge is 2.30. The van der Waals surface area contributed by atoms with Crippen LogP contribution >= 0.6 is 0 Å². The Morgan fingerprint density at radius 3 is 2.18 bits per heavy atom. The van der Waals surface area contributed by atoms with Gasteiger partial charge in [-0.05, 0) is 48.2 Å². The molecule has 2 fully saturated rings. The second kappa shape index (κ2) is 11.1. The van der Waals surface area contributed by atoms with Crippen LogP contribution < -0.4 is 5.32 Å². The summed E-state index contributed by atoms with van der Waals surface area (Å²) in [7, 11) is 0. The van der Waals surface area contributed by atoms with Gasteiger partial charge >= 0.3 is 0 Å². The lowest BCUT2D eigenvalue weighted by Crippen LogP contribution is -2.57. The number of likely N-dealkylation sites (tertiary alicyclic amines) is 1. The molecule has 6 heteroatoms. The van der Waals surface area contributed by atoms with E-state index >= 15 is 0 Å². The molecule has 2 heterocycles. The molecule has 1 atom stereocenters. The normalized spacial score (nSPS) is 18.7. The molecule has 2 aliphatic heterocycles. The maximum absolute atomic E-state index is 13.3. The summed E-state index contributed by atoms with van der Waals surface area (Å²) in [6.07, 6.45) is 2.93. The summed E-state index contributed by atoms with van der Waals surface area (Å²) in [5.41, 5.74) is 0.993. The number of nitrogens with one attached hydrogen (secondary N) is 1. The van der Waals surface area contributed by atoms with Crippen LogP contribution in [0.1, 0.15) is 32.3 Å². The quantitative estimate of drug-likeness (QED) is 0.672. The highest BCUT2D eigenvalue weighted by Crippen LogP contribution is 2.19. The van der Waals surface area contributed by atoms with E-state index in [1.165, 1.54) is 25.9 Å². The van der Waals surface area contributed by atoms with E-state index in [0.717, 1.165) is 55.6 Å². The number of carbonyl (C=O) groups excluding carboxylic acids is 2. The maximum Gasteiger partial charge on any atom is 0.245 e. The minimum Gasteiger partial charge on any atom is -0.344 e. The predicted molar refractivity (Wildman–Crippen MR) is 133 cm³/mol. The fourth-order valence-electron chi connectivity index (χ4n) is 5.04. The highest BCUT2D eigenvalue weighted by atomic mass is 16.2. The molecule has 1 unspecified atom stereocenters. The average molecular weight is 451 g/mol. The topological polar surface area (TPSA) is 55.9 Å². The Morgan fingerprint density at radius 2 is 1.48 bits per heavy atom. The molecule has 0 aromatic heterocycles. The molecule has 2 aromatic rings. The number of carbonyl (C=O) groups is 2. The van der Waals surface area contributed by atoms with Crippen LogP contribution in [0.5, 0.6) is 0 Å². The van der Waals surface area contributed by atoms with Gasteiger partial charge in [0.05, 0.1) is 6.42 Å². The van der Waals surface area contributed by atoms with Gasteiger partial charge in [-0.15, -0.1) is 0 Å². The smallest absolute Gasteiger partial charge is 0.245 e. The van der Waals surface area contributed by atoms with Crippen molar-refractivity contribution >= 4 is 22.6 Å². The van der Waals surface area contributed by atoms with Gasteiger partial charge in [0.2, 0.25) is 11.8 Å². The molecular formula is C27H38N4O2. The van der Waals surface area contributed by atoms with Gasteiger partial charge in [0.1, 0.15) is 6.04 Å². The molecule has 2 aliphatic rings. The zero-order chi connectivity index (χ0) is 23.2. The van der Waals surface area contributed by atoms with Gasteiger partial charge < -0.3 is 15.1 Å². The van der Waals surface area contributed by atoms with E-state index in [4.69, 9.17) is 0 Å². The van der Waals surface area contributed by atoms with Gasteiger partial charge in [-0.3, -0.25) is 14.5 Å². The average Bonchev–Trinajstić information content (AvgIpc) is 3.35. The first kappa shape index (κ1) is 23.7. The number of benzene rings is 2. The van der Waals surface area contributed by atoms with Crippen LogP contribution in [-0.2, 0) is 16.0 Å². The molecule has 0 radical (unpaired) electrons. The van der Waals surface area contributed by atoms with Crippen LogP contribution in [0, 0.1) is 5.92 Å². The van der Waals surface area contributed by atoms with Crippen molar-refractivity contribution in [3.8, 4) is 0 Å². The number of rotatable bonds is 8. The third-order valence-electron chi connectivity index (χ3n) is 7.10. The largest absolute Gasteiger partial charge is 0.344 e. The molecule has 2 saturated heterocycles. The van der Waals surface area contributed by atoms with Crippen LogP contribution in [0.15, 0.2) is 42.5 Å². The summed E-state index contributed by atoms with van der Waals surface area (Å²) < 4.78 is 0. The summed E-state index contributed by atoms with van der Waals surface area (Å²) in [4.78, 5) is 33.2. The zero-order valence-electron chi connectivity index (χ0n) is 20.1. The van der Waals surface area contributed by atoms with Gasteiger partial charge in [-0.1, -0.05) is 56.3 Å². The first-order valence-corrected chi connectivity index (χ1v) is 12.5. The summed E-state index contributed by atoms with van der Waals surface area (Å²) in [5.74, 6) is 0.000258.